The maximum atomic E-state index is 10.9. The maximum absolute atomic E-state index is 10.9. The first-order chi connectivity index (χ1) is 4.34. The van der Waals surface area contributed by atoms with Gasteiger partial charge in [-0.15, -0.1) is 0 Å². The lowest BCUT2D eigenvalue weighted by Gasteiger charge is -1.93. The molecule has 1 radical (unpaired) electrons. The van der Waals surface area contributed by atoms with Crippen LogP contribution >= 0.6 is 0 Å². The van der Waals surface area contributed by atoms with Gasteiger partial charge in [0.15, 0.2) is 5.75 Å². The van der Waals surface area contributed by atoms with Crippen LogP contribution in [0.5, 0.6) is 5.75 Å². The van der Waals surface area contributed by atoms with Crippen LogP contribution in [0.2, 0.25) is 6.55 Å². The number of benzene rings is 1. The highest BCUT2D eigenvalue weighted by Crippen LogP contribution is 2.01. The van der Waals surface area contributed by atoms with Gasteiger partial charge in [-0.2, -0.15) is 0 Å². The Morgan fingerprint density at radius 2 is 2.00 bits per heavy atom. The Balaban J connectivity index is 3.01. The van der Waals surface area contributed by atoms with E-state index in [-0.39, 0.29) is 15.3 Å². The minimum absolute atomic E-state index is 0.215. The summed E-state index contributed by atoms with van der Waals surface area (Å²) in [4.78, 5) is 0. The highest BCUT2D eigenvalue weighted by atomic mass is 28.2. The molecule has 1 nitrogen and oxygen atoms in total. The molecule has 0 aromatic heterocycles. The molecule has 47 valence electrons. The number of rotatable bonds is 1. The Hall–Kier alpha value is -0.763. The molecular weight excluding hydrogens is 128 g/mol. The lowest BCUT2D eigenvalue weighted by molar-refractivity contribution is 0.358. The van der Waals surface area contributed by atoms with E-state index in [9.17, 15) is 5.11 Å². The third-order valence-corrected chi connectivity index (χ3v) is 2.70. The molecule has 0 aliphatic heterocycles. The van der Waals surface area contributed by atoms with Crippen LogP contribution in [-0.4, -0.2) is 9.52 Å². The van der Waals surface area contributed by atoms with Crippen molar-refractivity contribution in [3.05, 3.63) is 24.3 Å². The summed E-state index contributed by atoms with van der Waals surface area (Å²) in [7, 11) is -0.250. The van der Waals surface area contributed by atoms with E-state index >= 15 is 0 Å². The molecule has 0 saturated heterocycles. The van der Waals surface area contributed by atoms with Gasteiger partial charge in [-0.05, 0) is 11.3 Å². The van der Waals surface area contributed by atoms with Gasteiger partial charge >= 0.3 is 0 Å². The van der Waals surface area contributed by atoms with Crippen LogP contribution in [0.25, 0.3) is 0 Å². The third-order valence-electron chi connectivity index (χ3n) is 1.35. The van der Waals surface area contributed by atoms with Crippen LogP contribution in [0.3, 0.4) is 0 Å². The van der Waals surface area contributed by atoms with Gasteiger partial charge in [0, 0.05) is 0 Å². The Morgan fingerprint density at radius 3 is 2.44 bits per heavy atom. The monoisotopic (exact) mass is 137 g/mol. The summed E-state index contributed by atoms with van der Waals surface area (Å²) >= 11 is 0. The molecule has 0 atom stereocenters. The van der Waals surface area contributed by atoms with Gasteiger partial charge in [0.2, 0.25) is 0 Å². The van der Waals surface area contributed by atoms with E-state index in [0.717, 1.165) is 5.19 Å². The van der Waals surface area contributed by atoms with E-state index < -0.39 is 0 Å². The molecule has 0 fully saturated rings. The normalized spacial score (nSPS) is 10.8. The average Bonchev–Trinajstić information content (AvgIpc) is 1.89. The first-order valence-corrected chi connectivity index (χ1v) is 5.21. The van der Waals surface area contributed by atoms with Crippen molar-refractivity contribution in [3.63, 3.8) is 0 Å². The Bertz CT molecular complexity index is 198. The fourth-order valence-electron chi connectivity index (χ4n) is 0.796. The summed E-state index contributed by atoms with van der Waals surface area (Å²) in [6.07, 6.45) is 0. The lowest BCUT2D eigenvalue weighted by Crippen LogP contribution is -2.08. The third kappa shape index (κ3) is 1.33. The molecule has 0 aliphatic carbocycles. The molecule has 1 aromatic carbocycles. The smallest absolute Gasteiger partial charge is 0.177 e. The quantitative estimate of drug-likeness (QED) is 0.507. The van der Waals surface area contributed by atoms with Crippen molar-refractivity contribution in [2.45, 2.75) is 6.55 Å². The largest absolute Gasteiger partial charge is 0.290 e. The first kappa shape index (κ1) is 6.36. The van der Waals surface area contributed by atoms with E-state index in [1.54, 1.807) is 12.1 Å². The van der Waals surface area contributed by atoms with E-state index in [2.05, 4.69) is 6.55 Å². The molecule has 0 unspecified atom stereocenters. The topological polar surface area (TPSA) is 19.9 Å². The van der Waals surface area contributed by atoms with Gasteiger partial charge in [-0.1, -0.05) is 24.7 Å². The van der Waals surface area contributed by atoms with E-state index in [0.29, 0.717) is 0 Å². The molecule has 0 saturated carbocycles. The maximum Gasteiger partial charge on any atom is 0.177 e. The molecule has 9 heavy (non-hydrogen) atoms. The predicted octanol–water partition coefficient (Wildman–Crippen LogP) is 0.673. The molecule has 1 aromatic rings. The van der Waals surface area contributed by atoms with Crippen LogP contribution in [-0.2, 0) is 5.11 Å². The summed E-state index contributed by atoms with van der Waals surface area (Å²) in [5.41, 5.74) is 0. The van der Waals surface area contributed by atoms with Crippen molar-refractivity contribution in [2.24, 2.45) is 0 Å². The standard InChI is InChI=1S/C7H9OSi/c1-9-7-5-3-2-4-6(7)8/h2-5H,9H2,1H3. The molecule has 0 bridgehead atoms. The zero-order valence-electron chi connectivity index (χ0n) is 5.42. The fourth-order valence-corrected chi connectivity index (χ4v) is 1.63. The lowest BCUT2D eigenvalue weighted by atomic mass is 10.3. The Kier molecular flexibility index (Phi) is 1.90. The van der Waals surface area contributed by atoms with Gasteiger partial charge in [-0.3, -0.25) is 5.11 Å². The van der Waals surface area contributed by atoms with Gasteiger partial charge in [0.1, 0.15) is 0 Å². The van der Waals surface area contributed by atoms with Crippen LogP contribution in [0.1, 0.15) is 0 Å². The summed E-state index contributed by atoms with van der Waals surface area (Å²) in [5, 5.41) is 11.9. The van der Waals surface area contributed by atoms with Crippen molar-refractivity contribution >= 4 is 14.7 Å². The molecule has 0 aliphatic rings. The SMILES string of the molecule is C[SiH2]c1ccccc1[O]. The average molecular weight is 137 g/mol. The summed E-state index contributed by atoms with van der Waals surface area (Å²) < 4.78 is 0. The Morgan fingerprint density at radius 1 is 1.33 bits per heavy atom. The predicted molar refractivity (Wildman–Crippen MR) is 40.6 cm³/mol. The van der Waals surface area contributed by atoms with E-state index in [1.807, 2.05) is 12.1 Å². The summed E-state index contributed by atoms with van der Waals surface area (Å²) in [6.45, 7) is 2.12. The van der Waals surface area contributed by atoms with Gasteiger partial charge in [0.05, 0.1) is 9.52 Å². The number of hydrogen-bond acceptors (Lipinski definition) is 0. The fraction of sp³-hybridized carbons (Fsp3) is 0.143. The number of para-hydroxylation sites is 1. The summed E-state index contributed by atoms with van der Waals surface area (Å²) in [6, 6.07) is 7.27. The second kappa shape index (κ2) is 2.69. The van der Waals surface area contributed by atoms with Crippen LogP contribution in [0.15, 0.2) is 24.3 Å². The molecule has 2 heteroatoms. The first-order valence-electron chi connectivity index (χ1n) is 3.09. The second-order valence-electron chi connectivity index (χ2n) is 1.96. The molecule has 0 N–H and O–H groups in total. The van der Waals surface area contributed by atoms with Crippen molar-refractivity contribution in [2.75, 3.05) is 0 Å². The van der Waals surface area contributed by atoms with Gasteiger partial charge in [0.25, 0.3) is 0 Å². The van der Waals surface area contributed by atoms with Crippen molar-refractivity contribution < 1.29 is 5.11 Å². The van der Waals surface area contributed by atoms with Crippen molar-refractivity contribution in [1.82, 2.24) is 0 Å². The highest BCUT2D eigenvalue weighted by molar-refractivity contribution is 6.53. The molecule has 0 spiro atoms. The van der Waals surface area contributed by atoms with E-state index in [1.165, 1.54) is 0 Å². The zero-order chi connectivity index (χ0) is 6.69. The van der Waals surface area contributed by atoms with Gasteiger partial charge < -0.3 is 0 Å². The highest BCUT2D eigenvalue weighted by Gasteiger charge is 1.95. The van der Waals surface area contributed by atoms with Crippen molar-refractivity contribution in [3.8, 4) is 5.75 Å². The minimum atomic E-state index is -0.250. The van der Waals surface area contributed by atoms with Crippen molar-refractivity contribution in [1.29, 1.82) is 0 Å². The Labute approximate surface area is 57.2 Å². The van der Waals surface area contributed by atoms with E-state index in [4.69, 9.17) is 0 Å². The molecule has 1 rings (SSSR count). The van der Waals surface area contributed by atoms with Gasteiger partial charge in [-0.25, -0.2) is 0 Å². The zero-order valence-corrected chi connectivity index (χ0v) is 6.84. The second-order valence-corrected chi connectivity index (χ2v) is 3.43. The van der Waals surface area contributed by atoms with Crippen LogP contribution in [0.4, 0.5) is 0 Å². The number of hydrogen-bond donors (Lipinski definition) is 0. The minimum Gasteiger partial charge on any atom is -0.290 e. The molecule has 0 heterocycles. The van der Waals surface area contributed by atoms with Crippen LogP contribution < -0.4 is 5.19 Å². The molecular formula is C7H9OSi. The molecule has 0 amide bonds. The summed E-state index contributed by atoms with van der Waals surface area (Å²) in [5.74, 6) is 0.215. The van der Waals surface area contributed by atoms with Crippen LogP contribution in [0, 0.1) is 0 Å².